The van der Waals surface area contributed by atoms with Crippen molar-refractivity contribution in [2.75, 3.05) is 33.3 Å². The number of hydrogen-bond acceptors (Lipinski definition) is 8. The number of carbonyl (C=O) groups excluding carboxylic acids is 5. The molecule has 1 saturated heterocycles. The zero-order chi connectivity index (χ0) is 23.7. The van der Waals surface area contributed by atoms with Gasteiger partial charge in [-0.1, -0.05) is 30.3 Å². The molecule has 1 aromatic carbocycles. The number of carbonyl (C=O) groups is 6. The van der Waals surface area contributed by atoms with Gasteiger partial charge in [0.15, 0.2) is 0 Å². The first kappa shape index (κ1) is 24.1. The van der Waals surface area contributed by atoms with Gasteiger partial charge in [-0.15, -0.1) is 0 Å². The number of nitrogens with one attached hydrogen (secondary N) is 2. The second-order valence-electron chi connectivity index (χ2n) is 6.60. The van der Waals surface area contributed by atoms with Crippen molar-refractivity contribution in [3.8, 4) is 0 Å². The molecular weight excluding hydrogens is 428 g/mol. The third-order valence-corrected chi connectivity index (χ3v) is 4.28. The molecule has 172 valence electrons. The van der Waals surface area contributed by atoms with Gasteiger partial charge in [0.25, 0.3) is 5.91 Å². The maximum atomic E-state index is 12.2. The molecule has 13 heteroatoms. The quantitative estimate of drug-likeness (QED) is 0.296. The number of methoxy groups -OCH3 is 1. The number of imide groups is 1. The van der Waals surface area contributed by atoms with Crippen LogP contribution in [0.25, 0.3) is 0 Å². The third-order valence-electron chi connectivity index (χ3n) is 4.28. The van der Waals surface area contributed by atoms with Crippen LogP contribution >= 0.6 is 0 Å². The lowest BCUT2D eigenvalue weighted by Gasteiger charge is -2.18. The number of nitrogens with zero attached hydrogens (tertiary/aromatic N) is 2. The Morgan fingerprint density at radius 1 is 1.12 bits per heavy atom. The molecule has 1 aliphatic heterocycles. The number of amides is 5. The van der Waals surface area contributed by atoms with Gasteiger partial charge >= 0.3 is 24.1 Å². The van der Waals surface area contributed by atoms with Gasteiger partial charge in [-0.2, -0.15) is 0 Å². The number of benzene rings is 1. The molecule has 5 amide bonds. The summed E-state index contributed by atoms with van der Waals surface area (Å²) < 4.78 is 9.37. The average Bonchev–Trinajstić information content (AvgIpc) is 3.02. The van der Waals surface area contributed by atoms with Crippen LogP contribution in [0.15, 0.2) is 30.3 Å². The highest BCUT2D eigenvalue weighted by atomic mass is 16.5. The van der Waals surface area contributed by atoms with Crippen molar-refractivity contribution in [1.82, 2.24) is 20.4 Å². The monoisotopic (exact) mass is 450 g/mol. The number of urea groups is 1. The molecule has 32 heavy (non-hydrogen) atoms. The van der Waals surface area contributed by atoms with Crippen molar-refractivity contribution in [3.63, 3.8) is 0 Å². The van der Waals surface area contributed by atoms with Crippen LogP contribution < -0.4 is 10.6 Å². The molecule has 0 bridgehead atoms. The molecule has 0 unspecified atom stereocenters. The van der Waals surface area contributed by atoms with E-state index in [0.717, 1.165) is 12.0 Å². The minimum absolute atomic E-state index is 0.0768. The fourth-order valence-electron chi connectivity index (χ4n) is 2.62. The van der Waals surface area contributed by atoms with Crippen LogP contribution in [0.4, 0.5) is 9.59 Å². The Morgan fingerprint density at radius 2 is 1.81 bits per heavy atom. The number of carboxylic acids is 1. The van der Waals surface area contributed by atoms with E-state index in [4.69, 9.17) is 4.74 Å². The molecular formula is C19H22N4O9. The summed E-state index contributed by atoms with van der Waals surface area (Å²) in [5, 5.41) is 13.6. The zero-order valence-corrected chi connectivity index (χ0v) is 17.1. The second kappa shape index (κ2) is 11.3. The molecule has 0 spiro atoms. The van der Waals surface area contributed by atoms with Gasteiger partial charge in [0, 0.05) is 6.54 Å². The molecule has 1 heterocycles. The highest BCUT2D eigenvalue weighted by Gasteiger charge is 2.38. The van der Waals surface area contributed by atoms with Crippen molar-refractivity contribution >= 4 is 35.9 Å². The van der Waals surface area contributed by atoms with Gasteiger partial charge in [0.2, 0.25) is 5.91 Å². The first-order valence-corrected chi connectivity index (χ1v) is 9.34. The summed E-state index contributed by atoms with van der Waals surface area (Å²) in [6.07, 6.45) is -1.00. The molecule has 0 saturated carbocycles. The highest BCUT2D eigenvalue weighted by Crippen LogP contribution is 2.09. The molecule has 1 atom stereocenters. The van der Waals surface area contributed by atoms with Crippen molar-refractivity contribution in [2.45, 2.75) is 12.6 Å². The Balaban J connectivity index is 1.81. The van der Waals surface area contributed by atoms with E-state index in [1.165, 1.54) is 0 Å². The summed E-state index contributed by atoms with van der Waals surface area (Å²) in [4.78, 5) is 72.2. The van der Waals surface area contributed by atoms with Crippen molar-refractivity contribution < 1.29 is 43.3 Å². The Labute approximate surface area is 182 Å². The predicted molar refractivity (Wildman–Crippen MR) is 105 cm³/mol. The summed E-state index contributed by atoms with van der Waals surface area (Å²) in [5.41, 5.74) is 0.698. The van der Waals surface area contributed by atoms with E-state index < -0.39 is 68.1 Å². The Morgan fingerprint density at radius 3 is 2.44 bits per heavy atom. The van der Waals surface area contributed by atoms with E-state index in [1.807, 2.05) is 0 Å². The van der Waals surface area contributed by atoms with Gasteiger partial charge in [-0.05, 0) is 5.56 Å². The first-order valence-electron chi connectivity index (χ1n) is 9.34. The van der Waals surface area contributed by atoms with Gasteiger partial charge in [-0.25, -0.2) is 14.4 Å². The molecule has 0 aliphatic carbocycles. The summed E-state index contributed by atoms with van der Waals surface area (Å²) >= 11 is 0. The van der Waals surface area contributed by atoms with Gasteiger partial charge in [0.05, 0.1) is 7.11 Å². The van der Waals surface area contributed by atoms with Crippen molar-refractivity contribution in [3.05, 3.63) is 35.9 Å². The van der Waals surface area contributed by atoms with Gasteiger partial charge in [0.1, 0.15) is 32.3 Å². The molecule has 2 rings (SSSR count). The lowest BCUT2D eigenvalue weighted by atomic mass is 10.2. The minimum Gasteiger partial charge on any atom is -0.480 e. The Hall–Kier alpha value is -4.16. The Kier molecular flexibility index (Phi) is 8.51. The molecule has 0 radical (unpaired) electrons. The third kappa shape index (κ3) is 6.97. The van der Waals surface area contributed by atoms with Crippen LogP contribution in [0.2, 0.25) is 0 Å². The summed E-state index contributed by atoms with van der Waals surface area (Å²) in [6.45, 7) is -2.12. The van der Waals surface area contributed by atoms with Crippen LogP contribution in [0.5, 0.6) is 0 Å². The number of rotatable bonds is 10. The normalized spacial score (nSPS) is 14.0. The second-order valence-corrected chi connectivity index (χ2v) is 6.60. The molecule has 1 fully saturated rings. The lowest BCUT2D eigenvalue weighted by Crippen LogP contribution is -2.50. The van der Waals surface area contributed by atoms with Crippen LogP contribution in [0.3, 0.4) is 0 Å². The van der Waals surface area contributed by atoms with Crippen molar-refractivity contribution in [2.24, 2.45) is 0 Å². The van der Waals surface area contributed by atoms with Crippen LogP contribution in [-0.4, -0.2) is 90.1 Å². The number of carboxylic acid groups (broad SMARTS) is 1. The average molecular weight is 450 g/mol. The highest BCUT2D eigenvalue weighted by molar-refractivity contribution is 6.05. The van der Waals surface area contributed by atoms with E-state index in [9.17, 15) is 33.9 Å². The fourth-order valence-corrected chi connectivity index (χ4v) is 2.62. The van der Waals surface area contributed by atoms with Crippen LogP contribution in [0, 0.1) is 0 Å². The van der Waals surface area contributed by atoms with E-state index in [0.29, 0.717) is 10.5 Å². The first-order chi connectivity index (χ1) is 15.2. The zero-order valence-electron chi connectivity index (χ0n) is 17.1. The number of ether oxygens (including phenoxy) is 2. The SMILES string of the molecule is COC(=O)CN1CC(=O)N(CC(=O)NC[C@H](NC(=O)OCc2ccccc2)C(=O)O)C1=O. The summed E-state index contributed by atoms with van der Waals surface area (Å²) in [7, 11) is 1.13. The summed E-state index contributed by atoms with van der Waals surface area (Å²) in [6, 6.07) is 6.35. The molecule has 3 N–H and O–H groups in total. The maximum Gasteiger partial charge on any atom is 0.408 e. The molecule has 1 aliphatic rings. The minimum atomic E-state index is -1.51. The lowest BCUT2D eigenvalue weighted by molar-refractivity contribution is -0.141. The van der Waals surface area contributed by atoms with E-state index in [2.05, 4.69) is 15.4 Å². The number of esters is 1. The smallest absolute Gasteiger partial charge is 0.408 e. The van der Waals surface area contributed by atoms with E-state index >= 15 is 0 Å². The van der Waals surface area contributed by atoms with Crippen LogP contribution in [0.1, 0.15) is 5.56 Å². The van der Waals surface area contributed by atoms with Crippen LogP contribution in [-0.2, 0) is 35.3 Å². The number of alkyl carbamates (subject to hydrolysis) is 1. The fraction of sp³-hybridized carbons (Fsp3) is 0.368. The largest absolute Gasteiger partial charge is 0.480 e. The van der Waals surface area contributed by atoms with Gasteiger partial charge < -0.3 is 30.1 Å². The van der Waals surface area contributed by atoms with E-state index in [1.54, 1.807) is 30.3 Å². The Bertz CT molecular complexity index is 890. The van der Waals surface area contributed by atoms with Crippen molar-refractivity contribution in [1.29, 1.82) is 0 Å². The van der Waals surface area contributed by atoms with E-state index in [-0.39, 0.29) is 6.61 Å². The topological polar surface area (TPSA) is 172 Å². The maximum absolute atomic E-state index is 12.2. The summed E-state index contributed by atoms with van der Waals surface area (Å²) in [5.74, 6) is -3.70. The molecule has 13 nitrogen and oxygen atoms in total. The predicted octanol–water partition coefficient (Wildman–Crippen LogP) is -1.08. The molecule has 0 aromatic heterocycles. The number of hydrogen-bond donors (Lipinski definition) is 3. The standard InChI is InChI=1S/C19H22N4O9/c1-31-16(26)10-22-9-15(25)23(19(22)30)8-14(24)20-7-13(17(27)28)21-18(29)32-11-12-5-3-2-4-6-12/h2-6,13H,7-11H2,1H3,(H,20,24)(H,21,29)(H,27,28)/t13-/m0/s1. The number of aliphatic carboxylic acids is 1. The molecule has 1 aromatic rings. The van der Waals surface area contributed by atoms with Gasteiger partial charge in [-0.3, -0.25) is 19.3 Å².